The van der Waals surface area contributed by atoms with E-state index in [0.29, 0.717) is 23.5 Å². The number of alkyl halides is 4. The molecule has 4 aromatic carbocycles. The summed E-state index contributed by atoms with van der Waals surface area (Å²) in [6.07, 6.45) is 11.0. The van der Waals surface area contributed by atoms with E-state index in [2.05, 4.69) is 144 Å². The Hall–Kier alpha value is -1.73. The summed E-state index contributed by atoms with van der Waals surface area (Å²) in [5.41, 5.74) is 18.6. The maximum Gasteiger partial charge on any atom is -0.109 e. The van der Waals surface area contributed by atoms with Gasteiger partial charge in [-0.1, -0.05) is 106 Å². The molecule has 2 aliphatic carbocycles. The Balaban J connectivity index is 0.000000227. The molecule has 0 saturated heterocycles. The van der Waals surface area contributed by atoms with Crippen LogP contribution in [-0.4, -0.2) is 3.21 Å². The first-order valence-corrected chi connectivity index (χ1v) is 23.0. The maximum absolute atomic E-state index is 5.99. The van der Waals surface area contributed by atoms with Gasteiger partial charge in [-0.3, -0.25) is 6.08 Å². The van der Waals surface area contributed by atoms with Crippen molar-refractivity contribution in [3.05, 3.63) is 152 Å². The molecule has 0 heterocycles. The van der Waals surface area contributed by atoms with Crippen molar-refractivity contribution in [2.24, 2.45) is 0 Å². The third-order valence-corrected chi connectivity index (χ3v) is 12.8. The van der Waals surface area contributed by atoms with E-state index >= 15 is 0 Å². The van der Waals surface area contributed by atoms with Crippen molar-refractivity contribution < 1.29 is 24.2 Å². The van der Waals surface area contributed by atoms with Crippen LogP contribution >= 0.6 is 46.4 Å². The predicted molar refractivity (Wildman–Crippen MR) is 244 cm³/mol. The fourth-order valence-corrected chi connectivity index (χ4v) is 8.58. The normalized spacial score (nSPS) is 13.5. The van der Waals surface area contributed by atoms with E-state index in [-0.39, 0.29) is 21.7 Å². The van der Waals surface area contributed by atoms with E-state index < -0.39 is 0 Å². The standard InChI is InChI=1S/C29H41.C17H14Cl4.C5H5.Zr/c1-26(2,3)22-14-18-13-19-15-23(27(4,5)6)25(29(10,11)12)17-21(19)20(18)16-24(22)28(7,8)9;18-8-14-2-12(3-15(6-14)9-19)1-13-4-16(10-20)7-17(5-13)11-21;1-2-4-5-3-1;/h14,16-17H,13H2,1-12H3;2-7H,8-11H2;1-3H,4H2;/q-1;;-1;+2. The molecule has 0 aliphatic heterocycles. The van der Waals surface area contributed by atoms with Gasteiger partial charge in [-0.05, 0) is 39.4 Å². The van der Waals surface area contributed by atoms with E-state index in [1.807, 2.05) is 24.3 Å². The summed E-state index contributed by atoms with van der Waals surface area (Å²) in [5, 5.41) is 0. The topological polar surface area (TPSA) is 0 Å². The van der Waals surface area contributed by atoms with Gasteiger partial charge in [0.2, 0.25) is 0 Å². The van der Waals surface area contributed by atoms with Crippen LogP contribution in [0.25, 0.3) is 11.1 Å². The largest absolute Gasteiger partial charge is 0.273 e. The van der Waals surface area contributed by atoms with E-state index in [4.69, 9.17) is 46.4 Å². The van der Waals surface area contributed by atoms with Gasteiger partial charge in [0.25, 0.3) is 0 Å². The second-order valence-corrected chi connectivity index (χ2v) is 21.5. The van der Waals surface area contributed by atoms with E-state index in [0.717, 1.165) is 35.1 Å². The monoisotopic (exact) mass is 902 g/mol. The van der Waals surface area contributed by atoms with Crippen molar-refractivity contribution in [3.63, 3.8) is 0 Å². The first kappa shape index (κ1) is 47.0. The fourth-order valence-electron chi connectivity index (χ4n) is 7.25. The summed E-state index contributed by atoms with van der Waals surface area (Å²) < 4.78 is 1.25. The number of fused-ring (bicyclic) bond motifs is 3. The summed E-state index contributed by atoms with van der Waals surface area (Å²) in [6, 6.07) is 24.0. The van der Waals surface area contributed by atoms with Crippen LogP contribution in [0.3, 0.4) is 0 Å². The Morgan fingerprint density at radius 1 is 0.554 bits per heavy atom. The number of benzene rings is 4. The molecule has 5 heteroatoms. The molecule has 0 spiro atoms. The number of rotatable bonds is 6. The Kier molecular flexibility index (Phi) is 16.0. The number of allylic oxidation sites excluding steroid dienone is 4. The molecule has 0 radical (unpaired) electrons. The molecule has 0 bridgehead atoms. The van der Waals surface area contributed by atoms with E-state index in [1.165, 1.54) is 83.1 Å². The van der Waals surface area contributed by atoms with Crippen molar-refractivity contribution in [2.75, 3.05) is 0 Å². The van der Waals surface area contributed by atoms with Crippen molar-refractivity contribution >= 4 is 49.6 Å². The van der Waals surface area contributed by atoms with Gasteiger partial charge in [0, 0.05) is 0 Å². The molecular formula is C51H60Cl4Zr. The van der Waals surface area contributed by atoms with Gasteiger partial charge in [0.1, 0.15) is 0 Å². The second kappa shape index (κ2) is 19.1. The molecule has 0 unspecified atom stereocenters. The van der Waals surface area contributed by atoms with Crippen LogP contribution in [0.2, 0.25) is 0 Å². The molecular weight excluding hydrogens is 846 g/mol. The van der Waals surface area contributed by atoms with Gasteiger partial charge in [-0.25, -0.2) is 12.2 Å². The molecule has 4 aromatic rings. The van der Waals surface area contributed by atoms with Crippen molar-refractivity contribution in [1.29, 1.82) is 0 Å². The van der Waals surface area contributed by atoms with Crippen LogP contribution in [0.5, 0.6) is 0 Å². The third kappa shape index (κ3) is 11.9. The van der Waals surface area contributed by atoms with Gasteiger partial charge in [-0.15, -0.1) is 23.1 Å². The van der Waals surface area contributed by atoms with Crippen LogP contribution in [-0.2, 0) is 75.8 Å². The molecule has 0 N–H and O–H groups in total. The molecule has 0 atom stereocenters. The molecule has 56 heavy (non-hydrogen) atoms. The first-order chi connectivity index (χ1) is 26.0. The zero-order valence-electron chi connectivity index (χ0n) is 35.7. The van der Waals surface area contributed by atoms with Gasteiger partial charge >= 0.3 is 167 Å². The SMILES string of the molecule is CC(C)(C)c1[c-]c2c(cc1C(C)(C)C)-c1cc(C(C)(C)C)c(C(C)(C)C)cc1C2.ClCc1cc(CCl)cc([C](=[Zr+2])c2cc(CCl)cc(CCl)c2)c1.[C-]1=CC=CC1. The molecule has 6 rings (SSSR count). The van der Waals surface area contributed by atoms with Crippen LogP contribution in [0, 0.1) is 12.1 Å². The van der Waals surface area contributed by atoms with Crippen molar-refractivity contribution in [2.45, 2.75) is 141 Å². The first-order valence-electron chi connectivity index (χ1n) is 19.6. The quantitative estimate of drug-likeness (QED) is 0.118. The van der Waals surface area contributed by atoms with E-state index in [9.17, 15) is 0 Å². The molecule has 0 saturated carbocycles. The minimum Gasteiger partial charge on any atom is -0.273 e. The minimum atomic E-state index is 0.0968. The van der Waals surface area contributed by atoms with Crippen LogP contribution in [0.4, 0.5) is 0 Å². The Morgan fingerprint density at radius 3 is 1.32 bits per heavy atom. The van der Waals surface area contributed by atoms with Gasteiger partial charge in [0.05, 0.1) is 0 Å². The summed E-state index contributed by atoms with van der Waals surface area (Å²) in [4.78, 5) is 0. The summed E-state index contributed by atoms with van der Waals surface area (Å²) >= 11 is 25.3. The van der Waals surface area contributed by atoms with Gasteiger partial charge in [0.15, 0.2) is 0 Å². The molecule has 0 nitrogen and oxygen atoms in total. The third-order valence-electron chi connectivity index (χ3n) is 10.1. The van der Waals surface area contributed by atoms with Crippen molar-refractivity contribution in [1.82, 2.24) is 0 Å². The zero-order valence-corrected chi connectivity index (χ0v) is 41.2. The number of hydrogen-bond donors (Lipinski definition) is 0. The number of hydrogen-bond acceptors (Lipinski definition) is 0. The van der Waals surface area contributed by atoms with E-state index in [1.54, 1.807) is 0 Å². The molecule has 0 fully saturated rings. The predicted octanol–water partition coefficient (Wildman–Crippen LogP) is 15.3. The van der Waals surface area contributed by atoms with Crippen molar-refractivity contribution in [3.8, 4) is 11.1 Å². The number of halogens is 4. The minimum absolute atomic E-state index is 0.0968. The summed E-state index contributed by atoms with van der Waals surface area (Å²) in [7, 11) is 0. The van der Waals surface area contributed by atoms with Crippen LogP contribution < -0.4 is 0 Å². The zero-order chi connectivity index (χ0) is 41.8. The Bertz CT molecular complexity index is 1900. The van der Waals surface area contributed by atoms with Crippen LogP contribution in [0.1, 0.15) is 156 Å². The summed E-state index contributed by atoms with van der Waals surface area (Å²) in [5.74, 6) is 1.93. The van der Waals surface area contributed by atoms with Gasteiger partial charge < -0.3 is 0 Å². The second-order valence-electron chi connectivity index (χ2n) is 19.2. The average molecular weight is 906 g/mol. The smallest absolute Gasteiger partial charge is 0.109 e. The van der Waals surface area contributed by atoms with Crippen LogP contribution in [0.15, 0.2) is 72.8 Å². The molecule has 296 valence electrons. The van der Waals surface area contributed by atoms with Gasteiger partial charge in [-0.2, -0.15) is 23.8 Å². The average Bonchev–Trinajstić information content (AvgIpc) is 3.83. The Labute approximate surface area is 374 Å². The Morgan fingerprint density at radius 2 is 0.982 bits per heavy atom. The molecule has 0 aromatic heterocycles. The molecule has 0 amide bonds. The molecule has 2 aliphatic rings. The summed E-state index contributed by atoms with van der Waals surface area (Å²) in [6.45, 7) is 28.0. The maximum atomic E-state index is 5.99. The fraction of sp³-hybridized carbons (Fsp3) is 0.431.